The van der Waals surface area contributed by atoms with Crippen molar-refractivity contribution in [1.82, 2.24) is 0 Å². The number of benzene rings is 3. The zero-order chi connectivity index (χ0) is 26.6. The summed E-state index contributed by atoms with van der Waals surface area (Å²) in [5, 5.41) is 37.4. The van der Waals surface area contributed by atoms with Crippen LogP contribution in [0.5, 0.6) is 0 Å². The van der Waals surface area contributed by atoms with Gasteiger partial charge in [0.25, 0.3) is 11.4 Å². The molecule has 11 heteroatoms. The van der Waals surface area contributed by atoms with E-state index >= 15 is 0 Å². The lowest BCUT2D eigenvalue weighted by Crippen LogP contribution is -2.62. The third-order valence-electron chi connectivity index (χ3n) is 6.85. The van der Waals surface area contributed by atoms with Crippen LogP contribution in [0.4, 0.5) is 17.1 Å². The molecular formula is C27H27N3O8. The fraction of sp³-hybridized carbons (Fsp3) is 0.333. The Labute approximate surface area is 218 Å². The van der Waals surface area contributed by atoms with Crippen molar-refractivity contribution in [1.29, 1.82) is 0 Å². The van der Waals surface area contributed by atoms with Crippen LogP contribution < -0.4 is 5.32 Å². The zero-order valence-corrected chi connectivity index (χ0v) is 20.3. The Bertz CT molecular complexity index is 1280. The molecule has 3 aromatic carbocycles. The number of ether oxygens (including phenoxy) is 3. The van der Waals surface area contributed by atoms with Gasteiger partial charge in [0.1, 0.15) is 23.9 Å². The molecule has 0 amide bonds. The van der Waals surface area contributed by atoms with E-state index in [9.17, 15) is 25.3 Å². The van der Waals surface area contributed by atoms with E-state index in [0.717, 1.165) is 23.3 Å². The van der Waals surface area contributed by atoms with Crippen molar-refractivity contribution in [3.05, 3.63) is 110 Å². The Morgan fingerprint density at radius 2 is 1.63 bits per heavy atom. The molecule has 11 nitrogen and oxygen atoms in total. The molecule has 0 radical (unpaired) electrons. The first-order valence-electron chi connectivity index (χ1n) is 12.3. The summed E-state index contributed by atoms with van der Waals surface area (Å²) in [6.45, 7) is 0.184. The molecule has 2 aliphatic heterocycles. The molecule has 0 saturated carbocycles. The number of fused-ring (bicyclic) bond motifs is 1. The summed E-state index contributed by atoms with van der Waals surface area (Å²) in [4.78, 5) is 21.5. The smallest absolute Gasteiger partial charge is 0.299 e. The molecule has 0 unspecified atom stereocenters. The van der Waals surface area contributed by atoms with Crippen LogP contribution in [0.15, 0.2) is 78.9 Å². The highest BCUT2D eigenvalue weighted by atomic mass is 16.7. The van der Waals surface area contributed by atoms with Crippen molar-refractivity contribution < 1.29 is 29.2 Å². The van der Waals surface area contributed by atoms with E-state index < -0.39 is 51.9 Å². The molecule has 0 spiro atoms. The quantitative estimate of drug-likeness (QED) is 0.323. The number of anilines is 1. The van der Waals surface area contributed by atoms with Gasteiger partial charge in [-0.2, -0.15) is 0 Å². The van der Waals surface area contributed by atoms with E-state index in [0.29, 0.717) is 12.8 Å². The number of hydrogen-bond acceptors (Lipinski definition) is 9. The normalized spacial score (nSPS) is 26.8. The largest absolute Gasteiger partial charge is 0.388 e. The van der Waals surface area contributed by atoms with Gasteiger partial charge < -0.3 is 24.6 Å². The Morgan fingerprint density at radius 3 is 2.32 bits per heavy atom. The number of rotatable bonds is 8. The molecule has 2 saturated heterocycles. The Morgan fingerprint density at radius 1 is 0.921 bits per heavy atom. The summed E-state index contributed by atoms with van der Waals surface area (Å²) in [6.07, 6.45) is -2.23. The minimum Gasteiger partial charge on any atom is -0.388 e. The van der Waals surface area contributed by atoms with E-state index in [1.54, 1.807) is 0 Å². The van der Waals surface area contributed by atoms with Gasteiger partial charge in [-0.3, -0.25) is 20.2 Å². The highest BCUT2D eigenvalue weighted by molar-refractivity contribution is 5.66. The Kier molecular flexibility index (Phi) is 7.61. The van der Waals surface area contributed by atoms with Crippen LogP contribution in [-0.2, 0) is 20.8 Å². The fourth-order valence-electron chi connectivity index (χ4n) is 4.94. The second kappa shape index (κ2) is 11.2. The molecule has 0 bridgehead atoms. The standard InChI is InChI=1S/C27H27N3O8/c31-25-24(28-20-12-11-19(29(32)33)15-21(20)30(34)35)27(36-16-17-7-3-1-4-8-17)38-23-14-13-22(37-26(23)25)18-9-5-2-6-10-18/h1-12,15,22-28,31H,13-14,16H2/t22-,23+,24-,25+,26-,27-/m1/s1. The van der Waals surface area contributed by atoms with Gasteiger partial charge in [0.05, 0.1) is 34.7 Å². The maximum atomic E-state index is 11.7. The first kappa shape index (κ1) is 25.7. The summed E-state index contributed by atoms with van der Waals surface area (Å²) in [5.41, 5.74) is 0.950. The molecule has 2 fully saturated rings. The Balaban J connectivity index is 1.42. The molecule has 2 heterocycles. The third-order valence-corrected chi connectivity index (χ3v) is 6.85. The first-order chi connectivity index (χ1) is 18.4. The highest BCUT2D eigenvalue weighted by Gasteiger charge is 2.49. The summed E-state index contributed by atoms with van der Waals surface area (Å²) in [6, 6.07) is 21.4. The number of nitrogens with zero attached hydrogens (tertiary/aromatic N) is 2. The lowest BCUT2D eigenvalue weighted by Gasteiger charge is -2.48. The molecule has 2 aliphatic rings. The van der Waals surface area contributed by atoms with Gasteiger partial charge in [-0.1, -0.05) is 60.7 Å². The second-order valence-electron chi connectivity index (χ2n) is 9.29. The summed E-state index contributed by atoms with van der Waals surface area (Å²) in [7, 11) is 0. The van der Waals surface area contributed by atoms with Gasteiger partial charge in [0.15, 0.2) is 6.29 Å². The predicted molar refractivity (Wildman–Crippen MR) is 136 cm³/mol. The predicted octanol–water partition coefficient (Wildman–Crippen LogP) is 4.51. The summed E-state index contributed by atoms with van der Waals surface area (Å²) >= 11 is 0. The molecular weight excluding hydrogens is 494 g/mol. The molecule has 3 aromatic rings. The van der Waals surface area contributed by atoms with E-state index in [1.807, 2.05) is 60.7 Å². The van der Waals surface area contributed by atoms with E-state index in [-0.39, 0.29) is 18.4 Å². The maximum absolute atomic E-state index is 11.7. The Hall–Kier alpha value is -3.90. The first-order valence-corrected chi connectivity index (χ1v) is 12.3. The van der Waals surface area contributed by atoms with Crippen molar-refractivity contribution in [2.75, 3.05) is 5.32 Å². The van der Waals surface area contributed by atoms with Crippen molar-refractivity contribution in [3.8, 4) is 0 Å². The van der Waals surface area contributed by atoms with Crippen LogP contribution in [0, 0.1) is 20.2 Å². The average Bonchev–Trinajstić information content (AvgIpc) is 2.94. The van der Waals surface area contributed by atoms with Crippen molar-refractivity contribution in [3.63, 3.8) is 0 Å². The van der Waals surface area contributed by atoms with Gasteiger partial charge in [-0.05, 0) is 30.0 Å². The lowest BCUT2D eigenvalue weighted by molar-refractivity contribution is -0.393. The molecule has 6 atom stereocenters. The zero-order valence-electron chi connectivity index (χ0n) is 20.3. The van der Waals surface area contributed by atoms with Crippen LogP contribution in [0.2, 0.25) is 0 Å². The SMILES string of the molecule is O=[N+]([O-])c1ccc(N[C@H]2[C@H](OCc3ccccc3)O[C@H]3CC[C@H](c4ccccc4)O[C@H]3[C@H]2O)c([N+](=O)[O-])c1. The monoisotopic (exact) mass is 521 g/mol. The fourth-order valence-corrected chi connectivity index (χ4v) is 4.94. The number of hydrogen-bond donors (Lipinski definition) is 2. The average molecular weight is 522 g/mol. The lowest BCUT2D eigenvalue weighted by atomic mass is 9.88. The third kappa shape index (κ3) is 5.50. The minimum atomic E-state index is -1.16. The van der Waals surface area contributed by atoms with Gasteiger partial charge in [0.2, 0.25) is 0 Å². The van der Waals surface area contributed by atoms with Crippen molar-refractivity contribution in [2.45, 2.75) is 56.2 Å². The van der Waals surface area contributed by atoms with Gasteiger partial charge in [0, 0.05) is 6.07 Å². The molecule has 38 heavy (non-hydrogen) atoms. The van der Waals surface area contributed by atoms with Crippen LogP contribution >= 0.6 is 0 Å². The minimum absolute atomic E-state index is 0.00423. The van der Waals surface area contributed by atoms with Gasteiger partial charge >= 0.3 is 0 Å². The van der Waals surface area contributed by atoms with Crippen LogP contribution in [0.1, 0.15) is 30.1 Å². The number of non-ortho nitro benzene ring substituents is 1. The van der Waals surface area contributed by atoms with E-state index in [1.165, 1.54) is 6.07 Å². The summed E-state index contributed by atoms with van der Waals surface area (Å²) < 4.78 is 18.6. The van der Waals surface area contributed by atoms with Gasteiger partial charge in [-0.25, -0.2) is 0 Å². The number of nitro benzene ring substituents is 2. The van der Waals surface area contributed by atoms with Gasteiger partial charge in [-0.15, -0.1) is 0 Å². The maximum Gasteiger partial charge on any atom is 0.299 e. The molecule has 0 aliphatic carbocycles. The van der Waals surface area contributed by atoms with E-state index in [2.05, 4.69) is 5.32 Å². The number of nitrogens with one attached hydrogen (secondary N) is 1. The molecule has 5 rings (SSSR count). The van der Waals surface area contributed by atoms with Crippen molar-refractivity contribution >= 4 is 17.1 Å². The molecule has 0 aromatic heterocycles. The highest BCUT2D eigenvalue weighted by Crippen LogP contribution is 2.40. The topological polar surface area (TPSA) is 146 Å². The molecule has 2 N–H and O–H groups in total. The number of aliphatic hydroxyl groups is 1. The van der Waals surface area contributed by atoms with E-state index in [4.69, 9.17) is 14.2 Å². The van der Waals surface area contributed by atoms with Crippen LogP contribution in [0.3, 0.4) is 0 Å². The number of nitro groups is 2. The molecule has 198 valence electrons. The van der Waals surface area contributed by atoms with Crippen LogP contribution in [-0.4, -0.2) is 45.6 Å². The summed E-state index contributed by atoms with van der Waals surface area (Å²) in [5.74, 6) is 0. The van der Waals surface area contributed by atoms with Crippen molar-refractivity contribution in [2.24, 2.45) is 0 Å². The second-order valence-corrected chi connectivity index (χ2v) is 9.29. The van der Waals surface area contributed by atoms with Crippen LogP contribution in [0.25, 0.3) is 0 Å². The number of aliphatic hydroxyl groups excluding tert-OH is 1.